The zero-order valence-corrected chi connectivity index (χ0v) is 12.1. The van der Waals surface area contributed by atoms with E-state index in [1.165, 1.54) is 0 Å². The lowest BCUT2D eigenvalue weighted by Gasteiger charge is -2.29. The number of rotatable bonds is 5. The van der Waals surface area contributed by atoms with Crippen molar-refractivity contribution in [2.24, 2.45) is 5.92 Å². The average Bonchev–Trinajstić information content (AvgIpc) is 3.03. The van der Waals surface area contributed by atoms with E-state index in [4.69, 9.17) is 4.74 Å². The number of likely N-dealkylation sites (tertiary alicyclic amines) is 1. The number of ether oxygens (including phenoxy) is 1. The Morgan fingerprint density at radius 2 is 2.21 bits per heavy atom. The lowest BCUT2D eigenvalue weighted by molar-refractivity contribution is -0.134. The quantitative estimate of drug-likeness (QED) is 0.767. The van der Waals surface area contributed by atoms with Crippen molar-refractivity contribution >= 4 is 11.7 Å². The molecule has 0 aromatic rings. The van der Waals surface area contributed by atoms with E-state index in [-0.39, 0.29) is 24.0 Å². The first kappa shape index (κ1) is 14.5. The molecule has 1 heterocycles. The molecule has 0 aromatic heterocycles. The number of hydrogen-bond donors (Lipinski definition) is 0. The Balaban J connectivity index is 1.90. The van der Waals surface area contributed by atoms with Gasteiger partial charge in [0.25, 0.3) is 0 Å². The third-order valence-electron chi connectivity index (χ3n) is 4.60. The molecule has 0 spiro atoms. The van der Waals surface area contributed by atoms with E-state index in [1.54, 1.807) is 7.11 Å². The Labute approximate surface area is 115 Å². The fraction of sp³-hybridized carbons (Fsp3) is 0.867. The second-order valence-corrected chi connectivity index (χ2v) is 5.85. The van der Waals surface area contributed by atoms with Crippen LogP contribution < -0.4 is 0 Å². The van der Waals surface area contributed by atoms with Gasteiger partial charge in [0.15, 0.2) is 0 Å². The van der Waals surface area contributed by atoms with Crippen LogP contribution in [-0.2, 0) is 14.3 Å². The van der Waals surface area contributed by atoms with Gasteiger partial charge in [-0.05, 0) is 39.0 Å². The molecule has 4 heteroatoms. The average molecular weight is 267 g/mol. The van der Waals surface area contributed by atoms with Crippen LogP contribution in [0.1, 0.15) is 51.9 Å². The van der Waals surface area contributed by atoms with Crippen molar-refractivity contribution in [3.05, 3.63) is 0 Å². The van der Waals surface area contributed by atoms with Gasteiger partial charge in [0.2, 0.25) is 5.91 Å². The predicted molar refractivity (Wildman–Crippen MR) is 72.8 cm³/mol. The molecule has 1 saturated heterocycles. The number of carbonyl (C=O) groups is 2. The third kappa shape index (κ3) is 3.35. The molecule has 1 aliphatic carbocycles. The van der Waals surface area contributed by atoms with E-state index in [1.807, 2.05) is 11.8 Å². The maximum atomic E-state index is 12.3. The van der Waals surface area contributed by atoms with Crippen LogP contribution in [0.3, 0.4) is 0 Å². The van der Waals surface area contributed by atoms with Gasteiger partial charge >= 0.3 is 0 Å². The second kappa shape index (κ2) is 6.51. The van der Waals surface area contributed by atoms with Crippen LogP contribution in [0, 0.1) is 5.92 Å². The number of methoxy groups -OCH3 is 1. The maximum absolute atomic E-state index is 12.3. The molecule has 0 aromatic carbocycles. The molecule has 3 unspecified atom stereocenters. The van der Waals surface area contributed by atoms with Gasteiger partial charge in [-0.15, -0.1) is 0 Å². The summed E-state index contributed by atoms with van der Waals surface area (Å²) >= 11 is 0. The highest BCUT2D eigenvalue weighted by molar-refractivity contribution is 5.85. The van der Waals surface area contributed by atoms with Crippen molar-refractivity contribution < 1.29 is 14.3 Å². The van der Waals surface area contributed by atoms with E-state index in [0.29, 0.717) is 18.6 Å². The smallest absolute Gasteiger partial charge is 0.222 e. The molecule has 2 fully saturated rings. The molecule has 3 atom stereocenters. The molecule has 0 radical (unpaired) electrons. The van der Waals surface area contributed by atoms with E-state index in [9.17, 15) is 9.59 Å². The molecule has 0 N–H and O–H groups in total. The van der Waals surface area contributed by atoms with Crippen LogP contribution in [0.15, 0.2) is 0 Å². The summed E-state index contributed by atoms with van der Waals surface area (Å²) in [6.07, 6.45) is 6.15. The van der Waals surface area contributed by atoms with Crippen LogP contribution in [0.25, 0.3) is 0 Å². The summed E-state index contributed by atoms with van der Waals surface area (Å²) in [5.41, 5.74) is 0. The first-order valence-corrected chi connectivity index (χ1v) is 7.48. The maximum Gasteiger partial charge on any atom is 0.222 e. The molecule has 2 rings (SSSR count). The SMILES string of the molecule is COC(C)CCC(=O)N1CCCC1C1CCCC1=O. The van der Waals surface area contributed by atoms with Gasteiger partial charge < -0.3 is 9.64 Å². The fourth-order valence-electron chi connectivity index (χ4n) is 3.36. The number of hydrogen-bond acceptors (Lipinski definition) is 3. The molecular weight excluding hydrogens is 242 g/mol. The Morgan fingerprint density at radius 1 is 1.42 bits per heavy atom. The largest absolute Gasteiger partial charge is 0.382 e. The highest BCUT2D eigenvalue weighted by Crippen LogP contribution is 2.33. The van der Waals surface area contributed by atoms with Crippen molar-refractivity contribution in [3.63, 3.8) is 0 Å². The number of ketones is 1. The summed E-state index contributed by atoms with van der Waals surface area (Å²) in [6.45, 7) is 2.81. The van der Waals surface area contributed by atoms with E-state index in [0.717, 1.165) is 38.6 Å². The van der Waals surface area contributed by atoms with Gasteiger partial charge in [-0.1, -0.05) is 0 Å². The normalized spacial score (nSPS) is 28.9. The Morgan fingerprint density at radius 3 is 2.84 bits per heavy atom. The molecule has 1 saturated carbocycles. The minimum Gasteiger partial charge on any atom is -0.382 e. The van der Waals surface area contributed by atoms with Crippen LogP contribution in [0.5, 0.6) is 0 Å². The minimum atomic E-state index is 0.117. The number of nitrogens with zero attached hydrogens (tertiary/aromatic N) is 1. The lowest BCUT2D eigenvalue weighted by atomic mass is 9.95. The third-order valence-corrected chi connectivity index (χ3v) is 4.60. The molecule has 4 nitrogen and oxygen atoms in total. The van der Waals surface area contributed by atoms with Crippen molar-refractivity contribution in [1.82, 2.24) is 4.90 Å². The topological polar surface area (TPSA) is 46.6 Å². The van der Waals surface area contributed by atoms with Gasteiger partial charge in [-0.2, -0.15) is 0 Å². The Hall–Kier alpha value is -0.900. The van der Waals surface area contributed by atoms with E-state index in [2.05, 4.69) is 0 Å². The van der Waals surface area contributed by atoms with Gasteiger partial charge in [0, 0.05) is 38.5 Å². The van der Waals surface area contributed by atoms with Crippen LogP contribution in [0.2, 0.25) is 0 Å². The standard InChI is InChI=1S/C15H25NO3/c1-11(19-2)8-9-15(18)16-10-4-6-13(16)12-5-3-7-14(12)17/h11-13H,3-10H2,1-2H3. The lowest BCUT2D eigenvalue weighted by Crippen LogP contribution is -2.41. The first-order valence-electron chi connectivity index (χ1n) is 7.48. The molecule has 1 aliphatic heterocycles. The van der Waals surface area contributed by atoms with Gasteiger partial charge in [0.1, 0.15) is 5.78 Å². The predicted octanol–water partition coefficient (Wildman–Crippen LogP) is 2.16. The van der Waals surface area contributed by atoms with Gasteiger partial charge in [0.05, 0.1) is 6.10 Å². The summed E-state index contributed by atoms with van der Waals surface area (Å²) in [4.78, 5) is 26.2. The summed E-state index contributed by atoms with van der Waals surface area (Å²) in [5.74, 6) is 0.687. The van der Waals surface area contributed by atoms with Crippen molar-refractivity contribution in [2.45, 2.75) is 64.0 Å². The van der Waals surface area contributed by atoms with Crippen molar-refractivity contribution in [3.8, 4) is 0 Å². The summed E-state index contributed by atoms with van der Waals surface area (Å²) in [6, 6.07) is 0.181. The highest BCUT2D eigenvalue weighted by atomic mass is 16.5. The molecule has 108 valence electrons. The van der Waals surface area contributed by atoms with E-state index >= 15 is 0 Å². The molecular formula is C15H25NO3. The molecule has 1 amide bonds. The van der Waals surface area contributed by atoms with Crippen LogP contribution >= 0.6 is 0 Å². The van der Waals surface area contributed by atoms with Crippen LogP contribution in [0.4, 0.5) is 0 Å². The zero-order valence-electron chi connectivity index (χ0n) is 12.1. The summed E-state index contributed by atoms with van der Waals surface area (Å²) < 4.78 is 5.18. The Bertz CT molecular complexity index is 342. The van der Waals surface area contributed by atoms with E-state index < -0.39 is 0 Å². The first-order chi connectivity index (χ1) is 9.13. The summed E-state index contributed by atoms with van der Waals surface area (Å²) in [5, 5.41) is 0. The second-order valence-electron chi connectivity index (χ2n) is 5.85. The number of amides is 1. The van der Waals surface area contributed by atoms with Crippen molar-refractivity contribution in [2.75, 3.05) is 13.7 Å². The van der Waals surface area contributed by atoms with Crippen molar-refractivity contribution in [1.29, 1.82) is 0 Å². The number of carbonyl (C=O) groups excluding carboxylic acids is 2. The summed E-state index contributed by atoms with van der Waals surface area (Å²) in [7, 11) is 1.67. The molecule has 19 heavy (non-hydrogen) atoms. The van der Waals surface area contributed by atoms with Crippen LogP contribution in [-0.4, -0.2) is 42.4 Å². The highest BCUT2D eigenvalue weighted by Gasteiger charge is 2.39. The zero-order chi connectivity index (χ0) is 13.8. The van der Waals surface area contributed by atoms with Gasteiger partial charge in [-0.25, -0.2) is 0 Å². The monoisotopic (exact) mass is 267 g/mol. The van der Waals surface area contributed by atoms with Gasteiger partial charge in [-0.3, -0.25) is 9.59 Å². The molecule has 0 bridgehead atoms. The molecule has 2 aliphatic rings. The Kier molecular flexibility index (Phi) is 4.97. The number of Topliss-reactive ketones (excluding diaryl/α,β-unsaturated/α-hetero) is 1. The minimum absolute atomic E-state index is 0.117. The fourth-order valence-corrected chi connectivity index (χ4v) is 3.36.